The lowest BCUT2D eigenvalue weighted by molar-refractivity contribution is -0.123. The van der Waals surface area contributed by atoms with Crippen molar-refractivity contribution in [1.29, 1.82) is 0 Å². The van der Waals surface area contributed by atoms with Crippen LogP contribution in [0.4, 0.5) is 0 Å². The van der Waals surface area contributed by atoms with E-state index in [0.29, 0.717) is 37.6 Å². The number of aliphatic hydroxyl groups excluding tert-OH is 1. The van der Waals surface area contributed by atoms with E-state index in [-0.39, 0.29) is 18.4 Å². The molecule has 0 heterocycles. The first-order valence-corrected chi connectivity index (χ1v) is 8.37. The molecule has 23 heavy (non-hydrogen) atoms. The molecular weight excluding hydrogens is 296 g/mol. The summed E-state index contributed by atoms with van der Waals surface area (Å²) in [6, 6.07) is -1.54. The molecule has 1 unspecified atom stereocenters. The zero-order valence-electron chi connectivity index (χ0n) is 14.8. The minimum absolute atomic E-state index is 0.200. The van der Waals surface area contributed by atoms with Crippen molar-refractivity contribution in [3.63, 3.8) is 0 Å². The van der Waals surface area contributed by atoms with Gasteiger partial charge in [-0.05, 0) is 31.1 Å². The van der Waals surface area contributed by atoms with Crippen LogP contribution in [0.25, 0.3) is 0 Å². The van der Waals surface area contributed by atoms with E-state index in [1.807, 2.05) is 27.7 Å². The Morgan fingerprint density at radius 3 is 1.87 bits per heavy atom. The third kappa shape index (κ3) is 10.3. The molecule has 0 saturated heterocycles. The van der Waals surface area contributed by atoms with Gasteiger partial charge in [-0.15, -0.1) is 0 Å². The molecule has 0 saturated carbocycles. The molecule has 136 valence electrons. The van der Waals surface area contributed by atoms with E-state index in [9.17, 15) is 14.7 Å². The fourth-order valence-corrected chi connectivity index (χ4v) is 2.25. The lowest BCUT2D eigenvalue weighted by atomic mass is 10.0. The molecule has 0 aromatic carbocycles. The van der Waals surface area contributed by atoms with Crippen LogP contribution in [-0.4, -0.2) is 48.2 Å². The van der Waals surface area contributed by atoms with E-state index >= 15 is 0 Å². The minimum Gasteiger partial charge on any atom is -0.394 e. The molecule has 0 aliphatic rings. The number of hydrogen-bond acceptors (Lipinski definition) is 5. The SMILES string of the molecule is CC(C)C[C@H](N)C(=O)NCCC(CO)NC(=O)[C@@H](N)CC(C)C. The normalized spacial score (nSPS) is 15.3. The maximum Gasteiger partial charge on any atom is 0.237 e. The predicted molar refractivity (Wildman–Crippen MR) is 91.5 cm³/mol. The van der Waals surface area contributed by atoms with E-state index in [2.05, 4.69) is 10.6 Å². The molecule has 0 aromatic rings. The second-order valence-electron chi connectivity index (χ2n) is 6.94. The standard InChI is InChI=1S/C16H34N4O3/c1-10(2)7-13(17)15(22)19-6-5-12(9-21)20-16(23)14(18)8-11(3)4/h10-14,21H,5-9,17-18H2,1-4H3,(H,19,22)(H,20,23)/t12?,13-,14-/m0/s1. The van der Waals surface area contributed by atoms with E-state index in [4.69, 9.17) is 11.5 Å². The molecule has 0 bridgehead atoms. The van der Waals surface area contributed by atoms with Gasteiger partial charge in [0.05, 0.1) is 24.7 Å². The van der Waals surface area contributed by atoms with Gasteiger partial charge < -0.3 is 27.2 Å². The van der Waals surface area contributed by atoms with Gasteiger partial charge in [0.25, 0.3) is 0 Å². The Labute approximate surface area is 139 Å². The molecule has 0 rings (SSSR count). The zero-order chi connectivity index (χ0) is 18.0. The van der Waals surface area contributed by atoms with Gasteiger partial charge in [-0.2, -0.15) is 0 Å². The molecule has 0 aromatic heterocycles. The van der Waals surface area contributed by atoms with Gasteiger partial charge in [0, 0.05) is 6.54 Å². The molecule has 3 atom stereocenters. The lowest BCUT2D eigenvalue weighted by Crippen LogP contribution is -2.49. The summed E-state index contributed by atoms with van der Waals surface area (Å²) in [6.45, 7) is 8.14. The number of carbonyl (C=O) groups is 2. The third-order valence-electron chi connectivity index (χ3n) is 3.48. The Morgan fingerprint density at radius 1 is 0.957 bits per heavy atom. The van der Waals surface area contributed by atoms with Crippen molar-refractivity contribution >= 4 is 11.8 Å². The van der Waals surface area contributed by atoms with Gasteiger partial charge in [-0.3, -0.25) is 9.59 Å². The summed E-state index contributed by atoms with van der Waals surface area (Å²) < 4.78 is 0. The highest BCUT2D eigenvalue weighted by atomic mass is 16.3. The van der Waals surface area contributed by atoms with Crippen molar-refractivity contribution in [2.45, 2.75) is 65.1 Å². The second kappa shape index (κ2) is 11.4. The second-order valence-corrected chi connectivity index (χ2v) is 6.94. The van der Waals surface area contributed by atoms with E-state index < -0.39 is 18.1 Å². The van der Waals surface area contributed by atoms with E-state index in [0.717, 1.165) is 0 Å². The number of aliphatic hydroxyl groups is 1. The van der Waals surface area contributed by atoms with Crippen molar-refractivity contribution in [2.24, 2.45) is 23.3 Å². The van der Waals surface area contributed by atoms with Crippen molar-refractivity contribution in [3.8, 4) is 0 Å². The minimum atomic E-state index is -0.585. The van der Waals surface area contributed by atoms with Crippen molar-refractivity contribution < 1.29 is 14.7 Å². The first-order chi connectivity index (χ1) is 10.7. The van der Waals surface area contributed by atoms with Crippen LogP contribution in [0, 0.1) is 11.8 Å². The first kappa shape index (κ1) is 21.8. The summed E-state index contributed by atoms with van der Waals surface area (Å²) in [6.07, 6.45) is 1.64. The number of rotatable bonds is 11. The highest BCUT2D eigenvalue weighted by Gasteiger charge is 2.19. The van der Waals surface area contributed by atoms with Crippen LogP contribution in [0.3, 0.4) is 0 Å². The third-order valence-corrected chi connectivity index (χ3v) is 3.48. The molecule has 7 N–H and O–H groups in total. The van der Waals surface area contributed by atoms with Gasteiger partial charge in [0.1, 0.15) is 0 Å². The van der Waals surface area contributed by atoms with Crippen LogP contribution in [0.5, 0.6) is 0 Å². The molecule has 0 aliphatic heterocycles. The van der Waals surface area contributed by atoms with Crippen molar-refractivity contribution in [2.75, 3.05) is 13.2 Å². The Kier molecular flexibility index (Phi) is 10.8. The fourth-order valence-electron chi connectivity index (χ4n) is 2.25. The van der Waals surface area contributed by atoms with Gasteiger partial charge in [0.15, 0.2) is 0 Å². The average Bonchev–Trinajstić information content (AvgIpc) is 2.44. The molecule has 0 aliphatic carbocycles. The van der Waals surface area contributed by atoms with Gasteiger partial charge >= 0.3 is 0 Å². The summed E-state index contributed by atoms with van der Waals surface area (Å²) in [5.74, 6) is 0.187. The van der Waals surface area contributed by atoms with Crippen molar-refractivity contribution in [3.05, 3.63) is 0 Å². The molecule has 0 radical (unpaired) electrons. The Hall–Kier alpha value is -1.18. The maximum absolute atomic E-state index is 11.9. The predicted octanol–water partition coefficient (Wildman–Crippen LogP) is -0.283. The maximum atomic E-state index is 11.9. The number of hydrogen-bond donors (Lipinski definition) is 5. The van der Waals surface area contributed by atoms with Gasteiger partial charge in [-0.1, -0.05) is 27.7 Å². The quantitative estimate of drug-likeness (QED) is 0.355. The molecule has 0 fully saturated rings. The fraction of sp³-hybridized carbons (Fsp3) is 0.875. The summed E-state index contributed by atoms with van der Waals surface area (Å²) >= 11 is 0. The van der Waals surface area contributed by atoms with Crippen LogP contribution in [0.1, 0.15) is 47.0 Å². The van der Waals surface area contributed by atoms with Crippen LogP contribution in [-0.2, 0) is 9.59 Å². The highest BCUT2D eigenvalue weighted by molar-refractivity contribution is 5.82. The monoisotopic (exact) mass is 330 g/mol. The molecule has 7 heteroatoms. The van der Waals surface area contributed by atoms with Crippen LogP contribution in [0.15, 0.2) is 0 Å². The summed E-state index contributed by atoms with van der Waals surface area (Å²) in [4.78, 5) is 23.7. The van der Waals surface area contributed by atoms with Crippen molar-refractivity contribution in [1.82, 2.24) is 10.6 Å². The molecular formula is C16H34N4O3. The summed E-state index contributed by atoms with van der Waals surface area (Å²) in [5, 5.41) is 14.8. The summed E-state index contributed by atoms with van der Waals surface area (Å²) in [7, 11) is 0. The van der Waals surface area contributed by atoms with Gasteiger partial charge in [-0.25, -0.2) is 0 Å². The highest BCUT2D eigenvalue weighted by Crippen LogP contribution is 2.04. The van der Waals surface area contributed by atoms with Crippen LogP contribution < -0.4 is 22.1 Å². The Morgan fingerprint density at radius 2 is 1.43 bits per heavy atom. The first-order valence-electron chi connectivity index (χ1n) is 8.37. The topological polar surface area (TPSA) is 130 Å². The largest absolute Gasteiger partial charge is 0.394 e. The average molecular weight is 330 g/mol. The smallest absolute Gasteiger partial charge is 0.237 e. The van der Waals surface area contributed by atoms with Gasteiger partial charge in [0.2, 0.25) is 11.8 Å². The zero-order valence-corrected chi connectivity index (χ0v) is 14.8. The molecule has 7 nitrogen and oxygen atoms in total. The Bertz CT molecular complexity index is 361. The van der Waals surface area contributed by atoms with Crippen LogP contribution in [0.2, 0.25) is 0 Å². The number of nitrogens with two attached hydrogens (primary N) is 2. The van der Waals surface area contributed by atoms with E-state index in [1.54, 1.807) is 0 Å². The molecule has 2 amide bonds. The van der Waals surface area contributed by atoms with E-state index in [1.165, 1.54) is 0 Å². The number of nitrogens with one attached hydrogen (secondary N) is 2. The number of amides is 2. The molecule has 0 spiro atoms. The van der Waals surface area contributed by atoms with Crippen LogP contribution >= 0.6 is 0 Å². The lowest BCUT2D eigenvalue weighted by Gasteiger charge is -2.21. The Balaban J connectivity index is 4.15. The number of carbonyl (C=O) groups excluding carboxylic acids is 2. The summed E-state index contributed by atoms with van der Waals surface area (Å²) in [5.41, 5.74) is 11.6.